The van der Waals surface area contributed by atoms with Crippen molar-refractivity contribution < 1.29 is 31.5 Å². The monoisotopic (exact) mass is 607 g/mol. The predicted molar refractivity (Wildman–Crippen MR) is 138 cm³/mol. The van der Waals surface area contributed by atoms with Crippen LogP contribution in [0.2, 0.25) is 5.15 Å². The van der Waals surface area contributed by atoms with Crippen molar-refractivity contribution in [2.45, 2.75) is 48.6 Å². The third kappa shape index (κ3) is 5.70. The number of fused-ring (bicyclic) bond motifs is 1. The molecule has 6 rings (SSSR count). The summed E-state index contributed by atoms with van der Waals surface area (Å²) in [6, 6.07) is 2.14. The van der Waals surface area contributed by atoms with Crippen molar-refractivity contribution in [3.05, 3.63) is 22.4 Å². The first-order chi connectivity index (χ1) is 18.6. The lowest BCUT2D eigenvalue weighted by molar-refractivity contribution is -0.122. The number of anilines is 1. The van der Waals surface area contributed by atoms with E-state index in [9.17, 15) is 21.6 Å². The molecule has 0 atom stereocenters. The third-order valence-electron chi connectivity index (χ3n) is 6.95. The molecule has 0 amide bonds. The minimum absolute atomic E-state index is 0.0848. The smallest absolute Gasteiger partial charge is 0.291 e. The van der Waals surface area contributed by atoms with Gasteiger partial charge in [0.2, 0.25) is 10.0 Å². The Morgan fingerprint density at radius 1 is 1.23 bits per heavy atom. The number of alkyl halides is 3. The highest BCUT2D eigenvalue weighted by molar-refractivity contribution is 7.89. The summed E-state index contributed by atoms with van der Waals surface area (Å²) in [4.78, 5) is 17.1. The predicted octanol–water partition coefficient (Wildman–Crippen LogP) is 3.21. The lowest BCUT2D eigenvalue weighted by Crippen LogP contribution is -2.47. The van der Waals surface area contributed by atoms with E-state index in [0.29, 0.717) is 54.5 Å². The number of halogens is 4. The summed E-state index contributed by atoms with van der Waals surface area (Å²) in [5.41, 5.74) is -0.0725. The molecule has 2 aliphatic carbocycles. The Balaban J connectivity index is 0.000000983. The van der Waals surface area contributed by atoms with E-state index in [1.165, 1.54) is 29.5 Å². The summed E-state index contributed by atoms with van der Waals surface area (Å²) < 4.78 is 70.5. The van der Waals surface area contributed by atoms with Gasteiger partial charge in [0.05, 0.1) is 11.2 Å². The first-order valence-electron chi connectivity index (χ1n) is 12.1. The number of hydrogen-bond donors (Lipinski definition) is 2. The Hall–Kier alpha value is -2.53. The maximum atomic E-state index is 13.5. The lowest BCUT2D eigenvalue weighted by Gasteiger charge is -2.36. The van der Waals surface area contributed by atoms with Crippen LogP contribution >= 0.6 is 22.9 Å². The fourth-order valence-corrected chi connectivity index (χ4v) is 7.02. The molecule has 212 valence electrons. The first-order valence-corrected chi connectivity index (χ1v) is 14.8. The molecule has 4 heterocycles. The van der Waals surface area contributed by atoms with E-state index in [-0.39, 0.29) is 27.4 Å². The maximum Gasteiger partial charge on any atom is 0.291 e. The second kappa shape index (κ2) is 10.8. The summed E-state index contributed by atoms with van der Waals surface area (Å²) in [6.45, 7) is 1.91. The van der Waals surface area contributed by atoms with Gasteiger partial charge in [-0.2, -0.15) is 0 Å². The molecule has 1 aliphatic heterocycles. The van der Waals surface area contributed by atoms with E-state index < -0.39 is 33.7 Å². The highest BCUT2D eigenvalue weighted by Gasteiger charge is 2.46. The van der Waals surface area contributed by atoms with E-state index in [1.54, 1.807) is 0 Å². The zero-order valence-corrected chi connectivity index (χ0v) is 22.8. The number of pyridine rings is 1. The van der Waals surface area contributed by atoms with Crippen molar-refractivity contribution in [3.63, 3.8) is 0 Å². The topological polar surface area (TPSA) is 133 Å². The molecular formula is C22H25ClF3N7O4S2. The van der Waals surface area contributed by atoms with Crippen LogP contribution in [-0.4, -0.2) is 88.9 Å². The summed E-state index contributed by atoms with van der Waals surface area (Å²) >= 11 is 7.20. The van der Waals surface area contributed by atoms with Crippen LogP contribution in [0.4, 0.5) is 18.9 Å². The van der Waals surface area contributed by atoms with Gasteiger partial charge in [0.15, 0.2) is 21.0 Å². The van der Waals surface area contributed by atoms with Crippen molar-refractivity contribution in [2.24, 2.45) is 0 Å². The number of carboxylic acid groups (broad SMARTS) is 1. The largest absolute Gasteiger partial charge is 0.483 e. The molecule has 0 radical (unpaired) electrons. The first kappa shape index (κ1) is 28.0. The number of hydrogen-bond acceptors (Lipinski definition) is 9. The Morgan fingerprint density at radius 2 is 1.90 bits per heavy atom. The van der Waals surface area contributed by atoms with Gasteiger partial charge in [-0.25, -0.2) is 31.3 Å². The Labute approximate surface area is 230 Å². The molecule has 0 aromatic carbocycles. The number of aromatic nitrogens is 4. The van der Waals surface area contributed by atoms with Crippen LogP contribution in [0.25, 0.3) is 16.3 Å². The van der Waals surface area contributed by atoms with E-state index in [2.05, 4.69) is 29.7 Å². The van der Waals surface area contributed by atoms with Crippen molar-refractivity contribution in [1.82, 2.24) is 29.2 Å². The zero-order valence-electron chi connectivity index (χ0n) is 20.4. The van der Waals surface area contributed by atoms with Crippen molar-refractivity contribution >= 4 is 50.6 Å². The Morgan fingerprint density at radius 3 is 2.44 bits per heavy atom. The van der Waals surface area contributed by atoms with Gasteiger partial charge in [0.25, 0.3) is 12.9 Å². The molecule has 0 bridgehead atoms. The number of piperazine rings is 1. The molecule has 3 aliphatic rings. The van der Waals surface area contributed by atoms with Gasteiger partial charge in [0.1, 0.15) is 17.1 Å². The van der Waals surface area contributed by atoms with Crippen molar-refractivity contribution in [3.8, 4) is 10.8 Å². The van der Waals surface area contributed by atoms with Crippen LogP contribution in [0.15, 0.2) is 17.2 Å². The van der Waals surface area contributed by atoms with E-state index >= 15 is 0 Å². The van der Waals surface area contributed by atoms with Crippen LogP contribution < -0.4 is 9.62 Å². The minimum Gasteiger partial charge on any atom is -0.483 e. The molecular weight excluding hydrogens is 583 g/mol. The normalized spacial score (nSPS) is 19.3. The Bertz CT molecular complexity index is 1470. The summed E-state index contributed by atoms with van der Waals surface area (Å²) in [7, 11) is -4.10. The fraction of sp³-hybridized carbons (Fsp3) is 0.545. The minimum atomic E-state index is -4.10. The molecule has 3 aromatic rings. The van der Waals surface area contributed by atoms with Gasteiger partial charge in [0, 0.05) is 38.4 Å². The maximum absolute atomic E-state index is 13.5. The summed E-state index contributed by atoms with van der Waals surface area (Å²) in [6.07, 6.45) is 1.76. The van der Waals surface area contributed by atoms with Gasteiger partial charge in [-0.1, -0.05) is 22.9 Å². The average Bonchev–Trinajstić information content (AvgIpc) is 3.82. The van der Waals surface area contributed by atoms with Gasteiger partial charge >= 0.3 is 0 Å². The SMILES string of the molecule is O=CO.O=S(=O)(NC1(CF)CC1)c1cc(N2CCN(C3CC3)CC2)c2c(Cl)nc(-c3nnc(C(F)F)s3)n2c1. The molecule has 0 spiro atoms. The number of sulfonamides is 1. The van der Waals surface area contributed by atoms with Crippen molar-refractivity contribution in [1.29, 1.82) is 0 Å². The molecule has 2 N–H and O–H groups in total. The quantitative estimate of drug-likeness (QED) is 0.370. The van der Waals surface area contributed by atoms with Gasteiger partial charge in [-0.05, 0) is 31.7 Å². The van der Waals surface area contributed by atoms with Gasteiger partial charge < -0.3 is 10.0 Å². The number of nitrogens with zero attached hydrogens (tertiary/aromatic N) is 6. The molecule has 17 heteroatoms. The standard InChI is InChI=1S/C21H23ClF3N7O2S2.CH2O2/c22-16-15-14(31-7-5-30(6-8-31)12-1-2-12)9-13(36(33,34)29-21(11-23)3-4-21)10-32(15)18(26-16)20-28-27-19(35-20)17(24)25;2-1-3/h9-10,12,17,29H,1-8,11H2;1H,(H,2,3). The van der Waals surface area contributed by atoms with Crippen LogP contribution in [0.3, 0.4) is 0 Å². The second-order valence-electron chi connectivity index (χ2n) is 9.63. The molecule has 1 saturated heterocycles. The molecule has 3 aromatic heterocycles. The number of nitrogens with one attached hydrogen (secondary N) is 1. The van der Waals surface area contributed by atoms with E-state index in [0.717, 1.165) is 13.1 Å². The number of imidazole rings is 1. The molecule has 11 nitrogen and oxygen atoms in total. The highest BCUT2D eigenvalue weighted by atomic mass is 35.5. The van der Waals surface area contributed by atoms with E-state index in [4.69, 9.17) is 21.5 Å². The van der Waals surface area contributed by atoms with E-state index in [1.807, 2.05) is 0 Å². The van der Waals surface area contributed by atoms with Crippen LogP contribution in [0, 0.1) is 0 Å². The molecule has 0 unspecified atom stereocenters. The zero-order chi connectivity index (χ0) is 27.9. The van der Waals surface area contributed by atoms with Crippen LogP contribution in [-0.2, 0) is 14.8 Å². The van der Waals surface area contributed by atoms with Crippen LogP contribution in [0.5, 0.6) is 0 Å². The summed E-state index contributed by atoms with van der Waals surface area (Å²) in [5.74, 6) is 0.112. The highest BCUT2D eigenvalue weighted by Crippen LogP contribution is 2.40. The Kier molecular flexibility index (Phi) is 7.76. The molecule has 2 saturated carbocycles. The van der Waals surface area contributed by atoms with Crippen LogP contribution in [0.1, 0.15) is 37.1 Å². The third-order valence-corrected chi connectivity index (χ3v) is 9.69. The summed E-state index contributed by atoms with van der Waals surface area (Å²) in [5, 5.41) is 14.0. The number of carbonyl (C=O) groups is 1. The van der Waals surface area contributed by atoms with Gasteiger partial charge in [-0.15, -0.1) is 10.2 Å². The average molecular weight is 608 g/mol. The molecule has 39 heavy (non-hydrogen) atoms. The fourth-order valence-electron chi connectivity index (χ4n) is 4.60. The number of rotatable bonds is 8. The molecule has 3 fully saturated rings. The lowest BCUT2D eigenvalue weighted by atomic mass is 10.2. The van der Waals surface area contributed by atoms with Crippen molar-refractivity contribution in [2.75, 3.05) is 37.8 Å². The second-order valence-corrected chi connectivity index (χ2v) is 12.7. The van der Waals surface area contributed by atoms with Gasteiger partial charge in [-0.3, -0.25) is 14.1 Å².